The number of hydrogen-bond acceptors (Lipinski definition) is 6. The van der Waals surface area contributed by atoms with Crippen LogP contribution in [0.5, 0.6) is 5.75 Å². The molecule has 1 fully saturated rings. The van der Waals surface area contributed by atoms with Crippen LogP contribution in [-0.2, 0) is 19.1 Å². The van der Waals surface area contributed by atoms with E-state index in [-0.39, 0.29) is 18.8 Å². The Morgan fingerprint density at radius 3 is 2.33 bits per heavy atom. The lowest BCUT2D eigenvalue weighted by Crippen LogP contribution is -2.54. The van der Waals surface area contributed by atoms with Crippen molar-refractivity contribution in [2.24, 2.45) is 0 Å². The number of urea groups is 1. The molecule has 4 amide bonds. The number of esters is 1. The van der Waals surface area contributed by atoms with Gasteiger partial charge in [0.15, 0.2) is 6.61 Å². The summed E-state index contributed by atoms with van der Waals surface area (Å²) in [5.41, 5.74) is 1.72. The molecular formula is C22H20N2O6. The van der Waals surface area contributed by atoms with Crippen molar-refractivity contribution in [1.82, 2.24) is 5.32 Å². The van der Waals surface area contributed by atoms with E-state index in [9.17, 15) is 19.2 Å². The normalized spacial score (nSPS) is 15.2. The van der Waals surface area contributed by atoms with Crippen LogP contribution in [0.3, 0.4) is 0 Å². The summed E-state index contributed by atoms with van der Waals surface area (Å²) >= 11 is 0. The molecular weight excluding hydrogens is 388 g/mol. The molecule has 8 nitrogen and oxygen atoms in total. The predicted octanol–water partition coefficient (Wildman–Crippen LogP) is 2.60. The number of barbiturate groups is 1. The number of rotatable bonds is 6. The van der Waals surface area contributed by atoms with Crippen LogP contribution < -0.4 is 15.0 Å². The van der Waals surface area contributed by atoms with Crippen LogP contribution in [0.25, 0.3) is 6.08 Å². The zero-order valence-electron chi connectivity index (χ0n) is 16.5. The average molecular weight is 408 g/mol. The van der Waals surface area contributed by atoms with Gasteiger partial charge in [0.2, 0.25) is 0 Å². The van der Waals surface area contributed by atoms with Crippen LogP contribution >= 0.6 is 0 Å². The number of imide groups is 2. The Balaban J connectivity index is 1.78. The monoisotopic (exact) mass is 408 g/mol. The Morgan fingerprint density at radius 2 is 1.70 bits per heavy atom. The summed E-state index contributed by atoms with van der Waals surface area (Å²) in [6.07, 6.45) is 1.39. The molecule has 0 saturated carbocycles. The molecule has 0 atom stereocenters. The maximum atomic E-state index is 12.8. The number of amides is 4. The van der Waals surface area contributed by atoms with Crippen LogP contribution in [-0.4, -0.2) is 37.0 Å². The minimum absolute atomic E-state index is 0.171. The van der Waals surface area contributed by atoms with E-state index in [1.54, 1.807) is 55.5 Å². The minimum atomic E-state index is -0.797. The highest BCUT2D eigenvalue weighted by molar-refractivity contribution is 6.39. The van der Waals surface area contributed by atoms with Gasteiger partial charge in [-0.15, -0.1) is 0 Å². The van der Waals surface area contributed by atoms with Crippen molar-refractivity contribution in [3.8, 4) is 5.75 Å². The van der Waals surface area contributed by atoms with Crippen LogP contribution in [0.4, 0.5) is 10.5 Å². The molecule has 0 aromatic heterocycles. The standard InChI is InChI=1S/C22H20N2O6/c1-3-29-19(25)13-30-17-10-6-15(7-11-17)12-18-20(26)23-22(28)24(21(18)27)16-8-4-14(2)5-9-16/h4-12H,3,13H2,1-2H3,(H,23,26,28)/b18-12+. The molecule has 2 aromatic rings. The van der Waals surface area contributed by atoms with Gasteiger partial charge in [-0.25, -0.2) is 14.5 Å². The van der Waals surface area contributed by atoms with Crippen LogP contribution in [0, 0.1) is 6.92 Å². The number of anilines is 1. The van der Waals surface area contributed by atoms with Crippen molar-refractivity contribution < 1.29 is 28.7 Å². The highest BCUT2D eigenvalue weighted by Gasteiger charge is 2.36. The Hall–Kier alpha value is -3.94. The Labute approximate surface area is 173 Å². The summed E-state index contributed by atoms with van der Waals surface area (Å²) in [4.78, 5) is 49.5. The zero-order chi connectivity index (χ0) is 21.7. The largest absolute Gasteiger partial charge is 0.482 e. The lowest BCUT2D eigenvalue weighted by Gasteiger charge is -2.26. The molecule has 1 saturated heterocycles. The number of benzene rings is 2. The quantitative estimate of drug-likeness (QED) is 0.448. The molecule has 0 unspecified atom stereocenters. The summed E-state index contributed by atoms with van der Waals surface area (Å²) in [6.45, 7) is 3.64. The fourth-order valence-corrected chi connectivity index (χ4v) is 2.76. The molecule has 3 rings (SSSR count). The van der Waals surface area contributed by atoms with E-state index in [1.807, 2.05) is 6.92 Å². The number of nitrogens with one attached hydrogen (secondary N) is 1. The number of nitrogens with zero attached hydrogens (tertiary/aromatic N) is 1. The number of aryl methyl sites for hydroxylation is 1. The smallest absolute Gasteiger partial charge is 0.344 e. The fraction of sp³-hybridized carbons (Fsp3) is 0.182. The van der Waals surface area contributed by atoms with Gasteiger partial charge in [0.1, 0.15) is 11.3 Å². The van der Waals surface area contributed by atoms with E-state index in [4.69, 9.17) is 9.47 Å². The first kappa shape index (κ1) is 20.8. The molecule has 2 aromatic carbocycles. The van der Waals surface area contributed by atoms with E-state index in [2.05, 4.69) is 5.32 Å². The molecule has 0 radical (unpaired) electrons. The van der Waals surface area contributed by atoms with Gasteiger partial charge in [0.05, 0.1) is 12.3 Å². The Morgan fingerprint density at radius 1 is 1.03 bits per heavy atom. The highest BCUT2D eigenvalue weighted by atomic mass is 16.6. The van der Waals surface area contributed by atoms with Crippen molar-refractivity contribution in [2.45, 2.75) is 13.8 Å². The van der Waals surface area contributed by atoms with Crippen molar-refractivity contribution in [3.63, 3.8) is 0 Å². The van der Waals surface area contributed by atoms with Gasteiger partial charge in [-0.2, -0.15) is 0 Å². The third kappa shape index (κ3) is 4.72. The third-order valence-corrected chi connectivity index (χ3v) is 4.25. The predicted molar refractivity (Wildman–Crippen MR) is 109 cm³/mol. The molecule has 0 aliphatic carbocycles. The second-order valence-electron chi connectivity index (χ2n) is 6.46. The maximum absolute atomic E-state index is 12.8. The molecule has 8 heteroatoms. The second-order valence-corrected chi connectivity index (χ2v) is 6.46. The second kappa shape index (κ2) is 9.04. The third-order valence-electron chi connectivity index (χ3n) is 4.25. The topological polar surface area (TPSA) is 102 Å². The van der Waals surface area contributed by atoms with Crippen molar-refractivity contribution in [3.05, 3.63) is 65.2 Å². The van der Waals surface area contributed by atoms with Crippen molar-refractivity contribution in [1.29, 1.82) is 0 Å². The number of ether oxygens (including phenoxy) is 2. The lowest BCUT2D eigenvalue weighted by molar-refractivity contribution is -0.145. The van der Waals surface area contributed by atoms with Crippen LogP contribution in [0.1, 0.15) is 18.1 Å². The molecule has 0 bridgehead atoms. The van der Waals surface area contributed by atoms with Crippen LogP contribution in [0.15, 0.2) is 54.1 Å². The lowest BCUT2D eigenvalue weighted by atomic mass is 10.1. The number of carbonyl (C=O) groups excluding carboxylic acids is 4. The highest BCUT2D eigenvalue weighted by Crippen LogP contribution is 2.23. The maximum Gasteiger partial charge on any atom is 0.344 e. The van der Waals surface area contributed by atoms with E-state index in [0.717, 1.165) is 10.5 Å². The summed E-state index contributed by atoms with van der Waals surface area (Å²) in [5, 5.41) is 2.18. The summed E-state index contributed by atoms with van der Waals surface area (Å²) < 4.78 is 10.1. The molecule has 1 N–H and O–H groups in total. The van der Waals surface area contributed by atoms with Gasteiger partial charge in [0.25, 0.3) is 11.8 Å². The van der Waals surface area contributed by atoms with Crippen molar-refractivity contribution >= 4 is 35.6 Å². The minimum Gasteiger partial charge on any atom is -0.482 e. The zero-order valence-corrected chi connectivity index (χ0v) is 16.5. The van der Waals surface area contributed by atoms with Gasteiger partial charge in [0, 0.05) is 0 Å². The van der Waals surface area contributed by atoms with E-state index in [0.29, 0.717) is 17.0 Å². The first-order valence-electron chi connectivity index (χ1n) is 9.25. The van der Waals surface area contributed by atoms with Gasteiger partial charge >= 0.3 is 12.0 Å². The number of hydrogen-bond donors (Lipinski definition) is 1. The van der Waals surface area contributed by atoms with Crippen molar-refractivity contribution in [2.75, 3.05) is 18.1 Å². The molecule has 154 valence electrons. The summed E-state index contributed by atoms with van der Waals surface area (Å²) in [7, 11) is 0. The van der Waals surface area contributed by atoms with E-state index in [1.165, 1.54) is 6.08 Å². The molecule has 0 spiro atoms. The SMILES string of the molecule is CCOC(=O)COc1ccc(/C=C2\C(=O)NC(=O)N(c3ccc(C)cc3)C2=O)cc1. The molecule has 30 heavy (non-hydrogen) atoms. The first-order chi connectivity index (χ1) is 14.4. The first-order valence-corrected chi connectivity index (χ1v) is 9.25. The van der Waals surface area contributed by atoms with Crippen LogP contribution in [0.2, 0.25) is 0 Å². The molecule has 1 aliphatic heterocycles. The number of carbonyl (C=O) groups is 4. The van der Waals surface area contributed by atoms with E-state index < -0.39 is 23.8 Å². The summed E-state index contributed by atoms with van der Waals surface area (Å²) in [6, 6.07) is 12.5. The van der Waals surface area contributed by atoms with Gasteiger partial charge in [-0.05, 0) is 49.8 Å². The van der Waals surface area contributed by atoms with Gasteiger partial charge in [-0.3, -0.25) is 14.9 Å². The summed E-state index contributed by atoms with van der Waals surface area (Å²) in [5.74, 6) is -1.53. The molecule has 1 heterocycles. The molecule has 1 aliphatic rings. The average Bonchev–Trinajstić information content (AvgIpc) is 2.72. The Kier molecular flexibility index (Phi) is 6.26. The fourth-order valence-electron chi connectivity index (χ4n) is 2.76. The van der Waals surface area contributed by atoms with E-state index >= 15 is 0 Å². The van der Waals surface area contributed by atoms with Gasteiger partial charge < -0.3 is 9.47 Å². The Bertz CT molecular complexity index is 1010. The van der Waals surface area contributed by atoms with Gasteiger partial charge in [-0.1, -0.05) is 29.8 Å².